The molecule has 0 aliphatic heterocycles. The quantitative estimate of drug-likeness (QED) is 0.549. The maximum Gasteiger partial charge on any atom is 0.425 e. The van der Waals surface area contributed by atoms with Crippen molar-refractivity contribution in [1.82, 2.24) is 0 Å². The van der Waals surface area contributed by atoms with Gasteiger partial charge in [0.2, 0.25) is 5.60 Å². The summed E-state index contributed by atoms with van der Waals surface area (Å²) in [6, 6.07) is 6.24. The van der Waals surface area contributed by atoms with Crippen LogP contribution in [0.15, 0.2) is 40.9 Å². The number of ether oxygens (including phenoxy) is 1. The minimum absolute atomic E-state index is 0.213. The Morgan fingerprint density at radius 1 is 1.12 bits per heavy atom. The van der Waals surface area contributed by atoms with Gasteiger partial charge in [0.1, 0.15) is 5.75 Å². The van der Waals surface area contributed by atoms with Gasteiger partial charge in [0.05, 0.1) is 0 Å². The van der Waals surface area contributed by atoms with Crippen molar-refractivity contribution in [3.8, 4) is 5.75 Å². The Bertz CT molecular complexity index is 782. The molecular weight excluding hydrogens is 413 g/mol. The van der Waals surface area contributed by atoms with E-state index in [9.17, 15) is 27.1 Å². The van der Waals surface area contributed by atoms with Crippen LogP contribution in [0.25, 0.3) is 0 Å². The van der Waals surface area contributed by atoms with Crippen molar-refractivity contribution in [1.29, 1.82) is 0 Å². The summed E-state index contributed by atoms with van der Waals surface area (Å²) in [5.41, 5.74) is 1.16. The van der Waals surface area contributed by atoms with Gasteiger partial charge in [-0.2, -0.15) is 22.0 Å². The largest absolute Gasteiger partial charge is 0.434 e. The smallest absolute Gasteiger partial charge is 0.425 e. The molecule has 0 saturated carbocycles. The number of alkyl halides is 5. The van der Waals surface area contributed by atoms with Crippen LogP contribution in [-0.4, -0.2) is 17.9 Å². The molecule has 9 heteroatoms. The van der Waals surface area contributed by atoms with Crippen LogP contribution in [0.5, 0.6) is 5.75 Å². The van der Waals surface area contributed by atoms with E-state index in [1.807, 2.05) is 0 Å². The number of aliphatic hydroxyl groups is 1. The van der Waals surface area contributed by atoms with E-state index >= 15 is 0 Å². The summed E-state index contributed by atoms with van der Waals surface area (Å²) >= 11 is 2.98. The fraction of sp³-hybridized carbons (Fsp3) is 0.250. The second-order valence-electron chi connectivity index (χ2n) is 5.30. The van der Waals surface area contributed by atoms with Gasteiger partial charge in [-0.3, -0.25) is 0 Å². The van der Waals surface area contributed by atoms with Crippen LogP contribution in [0.1, 0.15) is 16.7 Å². The Balaban J connectivity index is 2.76. The van der Waals surface area contributed by atoms with Gasteiger partial charge in [-0.05, 0) is 36.2 Å². The lowest BCUT2D eigenvalue weighted by atomic mass is 9.84. The van der Waals surface area contributed by atoms with Crippen LogP contribution in [0.2, 0.25) is 0 Å². The molecule has 0 bridgehead atoms. The van der Waals surface area contributed by atoms with Crippen LogP contribution < -0.4 is 10.5 Å². The van der Waals surface area contributed by atoms with E-state index in [1.165, 1.54) is 19.1 Å². The van der Waals surface area contributed by atoms with Crippen molar-refractivity contribution in [2.24, 2.45) is 0 Å². The molecule has 2 aromatic carbocycles. The molecule has 2 aromatic rings. The molecule has 0 spiro atoms. The lowest BCUT2D eigenvalue weighted by molar-refractivity contribution is -0.249. The van der Waals surface area contributed by atoms with Crippen LogP contribution in [0.4, 0.5) is 27.6 Å². The second kappa shape index (κ2) is 6.80. The van der Waals surface area contributed by atoms with E-state index in [0.29, 0.717) is 5.56 Å². The van der Waals surface area contributed by atoms with E-state index in [0.717, 1.165) is 24.3 Å². The number of benzene rings is 2. The van der Waals surface area contributed by atoms with Crippen molar-refractivity contribution in [2.75, 3.05) is 5.73 Å². The predicted molar refractivity (Wildman–Crippen MR) is 85.4 cm³/mol. The lowest BCUT2D eigenvalue weighted by Crippen LogP contribution is -2.43. The molecule has 2 rings (SSSR count). The minimum Gasteiger partial charge on any atom is -0.434 e. The van der Waals surface area contributed by atoms with Crippen LogP contribution in [0, 0.1) is 6.92 Å². The highest BCUT2D eigenvalue weighted by molar-refractivity contribution is 9.10. The van der Waals surface area contributed by atoms with E-state index < -0.39 is 35.3 Å². The van der Waals surface area contributed by atoms with Crippen LogP contribution in [-0.2, 0) is 5.60 Å². The Morgan fingerprint density at radius 2 is 1.76 bits per heavy atom. The normalized spacial score (nSPS) is 14.4. The summed E-state index contributed by atoms with van der Waals surface area (Å²) < 4.78 is 71.0. The first-order valence-corrected chi connectivity index (χ1v) is 7.66. The number of anilines is 1. The average Bonchev–Trinajstić information content (AvgIpc) is 2.47. The summed E-state index contributed by atoms with van der Waals surface area (Å²) in [7, 11) is 0. The molecule has 1 unspecified atom stereocenters. The fourth-order valence-electron chi connectivity index (χ4n) is 2.36. The summed E-state index contributed by atoms with van der Waals surface area (Å²) in [6.07, 6.45) is -5.20. The average molecular weight is 426 g/mol. The first-order valence-electron chi connectivity index (χ1n) is 6.87. The number of aryl methyl sites for hydroxylation is 1. The van der Waals surface area contributed by atoms with Crippen molar-refractivity contribution in [2.45, 2.75) is 25.3 Å². The Kier molecular flexibility index (Phi) is 5.29. The highest BCUT2D eigenvalue weighted by Crippen LogP contribution is 2.48. The number of halogens is 6. The van der Waals surface area contributed by atoms with Gasteiger partial charge in [-0.25, -0.2) is 0 Å². The minimum atomic E-state index is -5.20. The van der Waals surface area contributed by atoms with E-state index in [-0.39, 0.29) is 10.2 Å². The molecule has 0 fully saturated rings. The van der Waals surface area contributed by atoms with Gasteiger partial charge < -0.3 is 15.6 Å². The van der Waals surface area contributed by atoms with Crippen molar-refractivity contribution >= 4 is 21.6 Å². The maximum atomic E-state index is 13.8. The summed E-state index contributed by atoms with van der Waals surface area (Å²) in [5.74, 6) is -0.793. The predicted octanol–water partition coefficient (Wildman–Crippen LogP) is 4.74. The van der Waals surface area contributed by atoms with E-state index in [1.54, 1.807) is 0 Å². The zero-order chi connectivity index (χ0) is 19.0. The molecule has 1 atom stereocenters. The Labute approximate surface area is 148 Å². The molecule has 0 aliphatic rings. The van der Waals surface area contributed by atoms with Gasteiger partial charge in [0.25, 0.3) is 0 Å². The third-order valence-corrected chi connectivity index (χ3v) is 4.14. The molecule has 0 radical (unpaired) electrons. The molecular formula is C16H13BrF5NO2. The number of nitrogens with two attached hydrogens (primary N) is 1. The molecule has 3 N–H and O–H groups in total. The fourth-order valence-corrected chi connectivity index (χ4v) is 2.70. The first-order chi connectivity index (χ1) is 11.5. The number of nitrogen functional groups attached to an aromatic ring is 1. The monoisotopic (exact) mass is 425 g/mol. The van der Waals surface area contributed by atoms with Gasteiger partial charge in [0.15, 0.2) is 0 Å². The molecule has 0 amide bonds. The Hall–Kier alpha value is -1.87. The van der Waals surface area contributed by atoms with Crippen molar-refractivity contribution < 1.29 is 31.8 Å². The third-order valence-electron chi connectivity index (χ3n) is 3.65. The number of hydrogen-bond donors (Lipinski definition) is 2. The first kappa shape index (κ1) is 19.5. The zero-order valence-electron chi connectivity index (χ0n) is 12.7. The third kappa shape index (κ3) is 3.72. The van der Waals surface area contributed by atoms with Crippen LogP contribution >= 0.6 is 15.9 Å². The highest BCUT2D eigenvalue weighted by Gasteiger charge is 2.57. The summed E-state index contributed by atoms with van der Waals surface area (Å²) in [5, 5.41) is 10.6. The molecule has 136 valence electrons. The van der Waals surface area contributed by atoms with Gasteiger partial charge in [0, 0.05) is 15.7 Å². The van der Waals surface area contributed by atoms with Gasteiger partial charge >= 0.3 is 12.8 Å². The number of rotatable bonds is 4. The topological polar surface area (TPSA) is 55.5 Å². The summed E-state index contributed by atoms with van der Waals surface area (Å²) in [6.45, 7) is -1.90. The SMILES string of the molecule is Cc1cc(C(O)(c2ccc(Br)cc2OC(F)F)C(F)(F)F)ccc1N. The molecule has 0 aromatic heterocycles. The second-order valence-corrected chi connectivity index (χ2v) is 6.21. The van der Waals surface area contributed by atoms with Crippen LogP contribution in [0.3, 0.4) is 0 Å². The van der Waals surface area contributed by atoms with Crippen molar-refractivity contribution in [3.05, 3.63) is 57.6 Å². The lowest BCUT2D eigenvalue weighted by Gasteiger charge is -2.33. The Morgan fingerprint density at radius 3 is 2.28 bits per heavy atom. The number of hydrogen-bond acceptors (Lipinski definition) is 3. The standard InChI is InChI=1S/C16H13BrF5NO2/c1-8-6-9(2-5-12(8)23)15(24,16(20,21)22)11-4-3-10(17)7-13(11)25-14(18)19/h2-7,14,24H,23H2,1H3. The van der Waals surface area contributed by atoms with E-state index in [2.05, 4.69) is 20.7 Å². The van der Waals surface area contributed by atoms with E-state index in [4.69, 9.17) is 5.73 Å². The molecule has 0 aliphatic carbocycles. The molecule has 0 saturated heterocycles. The molecule has 25 heavy (non-hydrogen) atoms. The molecule has 0 heterocycles. The van der Waals surface area contributed by atoms with Gasteiger partial charge in [-0.1, -0.05) is 34.1 Å². The molecule has 3 nitrogen and oxygen atoms in total. The summed E-state index contributed by atoms with van der Waals surface area (Å²) in [4.78, 5) is 0. The maximum absolute atomic E-state index is 13.8. The van der Waals surface area contributed by atoms with Crippen molar-refractivity contribution in [3.63, 3.8) is 0 Å². The highest BCUT2D eigenvalue weighted by atomic mass is 79.9. The van der Waals surface area contributed by atoms with Gasteiger partial charge in [-0.15, -0.1) is 0 Å². The zero-order valence-corrected chi connectivity index (χ0v) is 14.3.